The summed E-state index contributed by atoms with van der Waals surface area (Å²) in [4.78, 5) is 48.3. The number of halogens is 1. The van der Waals surface area contributed by atoms with Crippen molar-refractivity contribution in [2.75, 3.05) is 11.9 Å². The average Bonchev–Trinajstić information content (AvgIpc) is 2.78. The van der Waals surface area contributed by atoms with Gasteiger partial charge in [0.15, 0.2) is 6.54 Å². The van der Waals surface area contributed by atoms with Gasteiger partial charge in [-0.3, -0.25) is 14.6 Å². The summed E-state index contributed by atoms with van der Waals surface area (Å²) in [6.07, 6.45) is 2.76. The van der Waals surface area contributed by atoms with Crippen LogP contribution < -0.4 is 5.32 Å². The number of nitrogens with one attached hydrogen (secondary N) is 1. The van der Waals surface area contributed by atoms with E-state index in [1.807, 2.05) is 32.0 Å². The van der Waals surface area contributed by atoms with Crippen molar-refractivity contribution in [3.63, 3.8) is 0 Å². The van der Waals surface area contributed by atoms with Gasteiger partial charge in [-0.15, -0.1) is 4.99 Å². The van der Waals surface area contributed by atoms with Gasteiger partial charge in [-0.2, -0.15) is 9.48 Å². The van der Waals surface area contributed by atoms with Crippen LogP contribution in [0.2, 0.25) is 0 Å². The third kappa shape index (κ3) is 4.09. The maximum atomic E-state index is 13.2. The van der Waals surface area contributed by atoms with Gasteiger partial charge in [0.05, 0.1) is 6.21 Å². The summed E-state index contributed by atoms with van der Waals surface area (Å²) in [5, 5.41) is 2.84. The summed E-state index contributed by atoms with van der Waals surface area (Å²) >= 11 is 0. The second-order valence-electron chi connectivity index (χ2n) is 7.57. The number of imide groups is 1. The van der Waals surface area contributed by atoms with E-state index in [4.69, 9.17) is 0 Å². The molecule has 2 aliphatic heterocycles. The van der Waals surface area contributed by atoms with Crippen LogP contribution in [0.15, 0.2) is 52.4 Å². The molecule has 2 aliphatic rings. The molecule has 0 aliphatic carbocycles. The minimum Gasteiger partial charge on any atom is -0.323 e. The number of hydrogen-bond acceptors (Lipinski definition) is 5. The number of amidine groups is 1. The number of anilines is 1. The van der Waals surface area contributed by atoms with E-state index in [9.17, 15) is 18.8 Å². The molecule has 0 fully saturated rings. The number of para-hydroxylation sites is 1. The molecule has 162 valence electrons. The molecule has 0 bridgehead atoms. The summed E-state index contributed by atoms with van der Waals surface area (Å²) in [6, 6.07) is 9.44. The summed E-state index contributed by atoms with van der Waals surface area (Å²) in [5.74, 6) is -1.29. The molecule has 9 heteroatoms. The molecule has 1 unspecified atom stereocenters. The van der Waals surface area contributed by atoms with Crippen LogP contribution in [-0.2, 0) is 16.1 Å². The minimum atomic E-state index is -1.02. The van der Waals surface area contributed by atoms with Gasteiger partial charge >= 0.3 is 11.9 Å². The van der Waals surface area contributed by atoms with Gasteiger partial charge in [-0.05, 0) is 42.7 Å². The zero-order chi connectivity index (χ0) is 22.8. The van der Waals surface area contributed by atoms with Crippen LogP contribution in [0.4, 0.5) is 14.9 Å². The fourth-order valence-electron chi connectivity index (χ4n) is 3.65. The predicted molar refractivity (Wildman–Crippen MR) is 118 cm³/mol. The lowest BCUT2D eigenvalue weighted by atomic mass is 10.1. The van der Waals surface area contributed by atoms with E-state index >= 15 is 0 Å². The molecular formula is C23H21FN5O3+. The van der Waals surface area contributed by atoms with Crippen molar-refractivity contribution < 1.29 is 23.3 Å². The van der Waals surface area contributed by atoms with Gasteiger partial charge in [0.25, 0.3) is 11.7 Å². The Kier molecular flexibility index (Phi) is 5.72. The summed E-state index contributed by atoms with van der Waals surface area (Å²) in [5.41, 5.74) is 3.03. The molecule has 0 aromatic heterocycles. The smallest absolute Gasteiger partial charge is 0.323 e. The Morgan fingerprint density at radius 3 is 2.47 bits per heavy atom. The first-order valence-corrected chi connectivity index (χ1v) is 10.0. The fraction of sp³-hybridized carbons (Fsp3) is 0.217. The second-order valence-corrected chi connectivity index (χ2v) is 7.57. The SMILES string of the molecule is Cc1cccc(C)c1NC(=O)C[N+]1=C2N=CC=NC2C(=O)N(Cc2ccc(F)cc2)C1=O. The highest BCUT2D eigenvalue weighted by molar-refractivity contribution is 6.26. The van der Waals surface area contributed by atoms with Crippen molar-refractivity contribution in [3.8, 4) is 0 Å². The first-order valence-electron chi connectivity index (χ1n) is 10.0. The molecular weight excluding hydrogens is 413 g/mol. The zero-order valence-corrected chi connectivity index (χ0v) is 17.6. The van der Waals surface area contributed by atoms with Crippen LogP contribution >= 0.6 is 0 Å². The van der Waals surface area contributed by atoms with Crippen LogP contribution in [-0.4, -0.2) is 58.2 Å². The molecule has 2 aromatic carbocycles. The van der Waals surface area contributed by atoms with Crippen LogP contribution in [0.5, 0.6) is 0 Å². The van der Waals surface area contributed by atoms with E-state index in [1.54, 1.807) is 0 Å². The van der Waals surface area contributed by atoms with E-state index in [-0.39, 0.29) is 18.9 Å². The zero-order valence-electron chi connectivity index (χ0n) is 17.6. The van der Waals surface area contributed by atoms with Crippen molar-refractivity contribution in [1.29, 1.82) is 0 Å². The van der Waals surface area contributed by atoms with Crippen LogP contribution in [0.3, 0.4) is 0 Å². The molecule has 0 saturated carbocycles. The number of rotatable bonds is 5. The van der Waals surface area contributed by atoms with Gasteiger partial charge in [0.1, 0.15) is 18.6 Å². The maximum absolute atomic E-state index is 13.2. The Morgan fingerprint density at radius 2 is 1.78 bits per heavy atom. The van der Waals surface area contributed by atoms with Crippen molar-refractivity contribution in [3.05, 3.63) is 65.0 Å². The Hall–Kier alpha value is -4.01. The largest absolute Gasteiger partial charge is 0.446 e. The van der Waals surface area contributed by atoms with Crippen molar-refractivity contribution in [1.82, 2.24) is 4.90 Å². The van der Waals surface area contributed by atoms with E-state index in [0.717, 1.165) is 20.6 Å². The highest BCUT2D eigenvalue weighted by Crippen LogP contribution is 2.20. The lowest BCUT2D eigenvalue weighted by molar-refractivity contribution is -0.429. The summed E-state index contributed by atoms with van der Waals surface area (Å²) < 4.78 is 14.4. The molecule has 4 rings (SSSR count). The molecule has 2 aromatic rings. The first kappa shape index (κ1) is 21.2. The molecule has 4 amide bonds. The molecule has 32 heavy (non-hydrogen) atoms. The van der Waals surface area contributed by atoms with Crippen LogP contribution in [0.1, 0.15) is 16.7 Å². The number of urea groups is 1. The van der Waals surface area contributed by atoms with E-state index in [0.29, 0.717) is 11.3 Å². The van der Waals surface area contributed by atoms with Crippen LogP contribution in [0, 0.1) is 19.7 Å². The summed E-state index contributed by atoms with van der Waals surface area (Å²) in [6.45, 7) is 3.35. The number of hydrogen-bond donors (Lipinski definition) is 1. The van der Waals surface area contributed by atoms with E-state index in [2.05, 4.69) is 15.3 Å². The quantitative estimate of drug-likeness (QED) is 0.733. The Bertz CT molecular complexity index is 1180. The molecule has 1 atom stereocenters. The normalized spacial score (nSPS) is 17.6. The second kappa shape index (κ2) is 8.62. The molecule has 0 radical (unpaired) electrons. The van der Waals surface area contributed by atoms with E-state index < -0.39 is 29.7 Å². The van der Waals surface area contributed by atoms with Gasteiger partial charge < -0.3 is 5.32 Å². The highest BCUT2D eigenvalue weighted by Gasteiger charge is 2.48. The fourth-order valence-corrected chi connectivity index (χ4v) is 3.65. The number of amides is 4. The van der Waals surface area contributed by atoms with Gasteiger partial charge in [0, 0.05) is 5.69 Å². The molecule has 0 spiro atoms. The average molecular weight is 434 g/mol. The Labute approximate surface area is 183 Å². The Morgan fingerprint density at radius 1 is 1.09 bits per heavy atom. The lowest BCUT2D eigenvalue weighted by Gasteiger charge is -2.26. The molecule has 1 N–H and O–H groups in total. The molecule has 8 nitrogen and oxygen atoms in total. The van der Waals surface area contributed by atoms with Gasteiger partial charge in [0.2, 0.25) is 6.04 Å². The van der Waals surface area contributed by atoms with Gasteiger partial charge in [-0.25, -0.2) is 9.18 Å². The molecule has 0 saturated heterocycles. The minimum absolute atomic E-state index is 0.0734. The number of carbonyl (C=O) groups is 3. The van der Waals surface area contributed by atoms with Crippen molar-refractivity contribution in [2.24, 2.45) is 9.98 Å². The maximum Gasteiger partial charge on any atom is 0.446 e. The third-order valence-corrected chi connectivity index (χ3v) is 5.29. The Balaban J connectivity index is 1.63. The first-order chi connectivity index (χ1) is 15.3. The topological polar surface area (TPSA) is 94.2 Å². The number of fused-ring (bicyclic) bond motifs is 1. The number of nitrogens with zero attached hydrogens (tertiary/aromatic N) is 4. The number of benzene rings is 2. The standard InChI is InChI=1S/C23H20FN5O3/c1-14-4-3-5-15(2)19(14)27-18(30)13-28-21-20(25-10-11-26-21)22(31)29(23(28)32)12-16-6-8-17(24)9-7-16/h3-11,20H,12-13H2,1-2H3/p+1. The van der Waals surface area contributed by atoms with Crippen molar-refractivity contribution >= 4 is 41.8 Å². The van der Waals surface area contributed by atoms with Crippen LogP contribution in [0.25, 0.3) is 0 Å². The number of carbonyl (C=O) groups excluding carboxylic acids is 3. The summed E-state index contributed by atoms with van der Waals surface area (Å²) in [7, 11) is 0. The van der Waals surface area contributed by atoms with E-state index in [1.165, 1.54) is 36.7 Å². The van der Waals surface area contributed by atoms with Crippen molar-refractivity contribution in [2.45, 2.75) is 26.4 Å². The number of aryl methyl sites for hydroxylation is 2. The number of aliphatic imine (C=N–C) groups is 2. The highest BCUT2D eigenvalue weighted by atomic mass is 19.1. The van der Waals surface area contributed by atoms with Gasteiger partial charge in [-0.1, -0.05) is 30.3 Å². The predicted octanol–water partition coefficient (Wildman–Crippen LogP) is 2.48. The third-order valence-electron chi connectivity index (χ3n) is 5.29. The monoisotopic (exact) mass is 434 g/mol. The lowest BCUT2D eigenvalue weighted by Crippen LogP contribution is -2.57. The molecule has 2 heterocycles.